The van der Waals surface area contributed by atoms with Gasteiger partial charge in [0.05, 0.1) is 16.8 Å². The van der Waals surface area contributed by atoms with Gasteiger partial charge in [-0.3, -0.25) is 14.4 Å². The number of alkyl halides is 1. The Morgan fingerprint density at radius 1 is 1.12 bits per heavy atom. The lowest BCUT2D eigenvalue weighted by Gasteiger charge is -2.17. The van der Waals surface area contributed by atoms with Crippen LogP contribution in [0.5, 0.6) is 0 Å². The molecule has 128 valence electrons. The first-order valence-electron chi connectivity index (χ1n) is 7.10. The molecule has 0 bridgehead atoms. The average Bonchev–Trinajstić information content (AvgIpc) is 2.82. The molecule has 8 heteroatoms. The van der Waals surface area contributed by atoms with Gasteiger partial charge in [-0.15, -0.1) is 11.6 Å². The van der Waals surface area contributed by atoms with Gasteiger partial charge in [-0.05, 0) is 47.9 Å². The first-order valence-corrected chi connectivity index (χ1v) is 8.29. The summed E-state index contributed by atoms with van der Waals surface area (Å²) in [5, 5.41) is -1.84. The van der Waals surface area contributed by atoms with Gasteiger partial charge in [0.1, 0.15) is 11.2 Å². The fourth-order valence-electron chi connectivity index (χ4n) is 2.59. The van der Waals surface area contributed by atoms with E-state index in [9.17, 15) is 18.8 Å². The van der Waals surface area contributed by atoms with Crippen molar-refractivity contribution in [2.24, 2.45) is 0 Å². The van der Waals surface area contributed by atoms with Crippen molar-refractivity contribution in [1.82, 2.24) is 0 Å². The summed E-state index contributed by atoms with van der Waals surface area (Å²) < 4.78 is 14.4. The fourth-order valence-corrected chi connectivity index (χ4v) is 3.06. The number of nitrogens with zero attached hydrogens (tertiary/aromatic N) is 1. The van der Waals surface area contributed by atoms with Crippen LogP contribution in [-0.4, -0.2) is 22.4 Å². The molecule has 25 heavy (non-hydrogen) atoms. The molecule has 4 nitrogen and oxygen atoms in total. The van der Waals surface area contributed by atoms with Crippen LogP contribution in [0.4, 0.5) is 10.1 Å². The molecule has 1 unspecified atom stereocenters. The molecular formula is C17H9Cl3FNO3. The van der Waals surface area contributed by atoms with E-state index in [0.717, 1.165) is 11.0 Å². The Balaban J connectivity index is 2.05. The minimum atomic E-state index is -1.07. The van der Waals surface area contributed by atoms with E-state index >= 15 is 0 Å². The van der Waals surface area contributed by atoms with Crippen LogP contribution in [0.2, 0.25) is 5.02 Å². The molecule has 1 atom stereocenters. The summed E-state index contributed by atoms with van der Waals surface area (Å²) in [5.74, 6) is -2.11. The van der Waals surface area contributed by atoms with Crippen LogP contribution in [0.15, 0.2) is 36.4 Å². The number of carbonyl (C=O) groups excluding carboxylic acids is 3. The van der Waals surface area contributed by atoms with Crippen LogP contribution in [0, 0.1) is 5.82 Å². The number of hydrogen-bond acceptors (Lipinski definition) is 3. The highest BCUT2D eigenvalue weighted by Gasteiger charge is 2.38. The second-order valence-corrected chi connectivity index (χ2v) is 6.67. The number of imide groups is 1. The van der Waals surface area contributed by atoms with Gasteiger partial charge in [-0.25, -0.2) is 9.29 Å². The Bertz CT molecular complexity index is 881. The van der Waals surface area contributed by atoms with E-state index < -0.39 is 28.3 Å². The molecule has 1 aliphatic rings. The van der Waals surface area contributed by atoms with Crippen LogP contribution >= 0.6 is 34.8 Å². The van der Waals surface area contributed by atoms with E-state index in [1.165, 1.54) is 18.2 Å². The van der Waals surface area contributed by atoms with Crippen molar-refractivity contribution < 1.29 is 18.8 Å². The molecule has 1 aliphatic heterocycles. The Kier molecular flexibility index (Phi) is 4.82. The monoisotopic (exact) mass is 399 g/mol. The largest absolute Gasteiger partial charge is 0.280 e. The van der Waals surface area contributed by atoms with Gasteiger partial charge in [0, 0.05) is 5.02 Å². The maximum atomic E-state index is 14.4. The SMILES string of the molecule is O=C(Cl)C(Cl)Cc1cc(N2C(=O)c3ccccc3C2=O)c(F)cc1Cl. The molecule has 0 saturated carbocycles. The lowest BCUT2D eigenvalue weighted by atomic mass is 10.1. The van der Waals surface area contributed by atoms with Crippen LogP contribution < -0.4 is 4.90 Å². The van der Waals surface area contributed by atoms with E-state index in [1.54, 1.807) is 12.1 Å². The van der Waals surface area contributed by atoms with Gasteiger partial charge >= 0.3 is 0 Å². The fraction of sp³-hybridized carbons (Fsp3) is 0.118. The maximum Gasteiger partial charge on any atom is 0.266 e. The molecule has 2 amide bonds. The van der Waals surface area contributed by atoms with Gasteiger partial charge in [-0.1, -0.05) is 23.7 Å². The Labute approximate surface area is 157 Å². The molecule has 2 aromatic rings. The van der Waals surface area contributed by atoms with Crippen molar-refractivity contribution in [3.8, 4) is 0 Å². The Hall–Kier alpha value is -1.95. The Morgan fingerprint density at radius 2 is 1.68 bits per heavy atom. The van der Waals surface area contributed by atoms with Crippen molar-refractivity contribution in [2.75, 3.05) is 4.90 Å². The lowest BCUT2D eigenvalue weighted by Crippen LogP contribution is -2.30. The van der Waals surface area contributed by atoms with E-state index in [2.05, 4.69) is 0 Å². The van der Waals surface area contributed by atoms with Crippen molar-refractivity contribution in [2.45, 2.75) is 11.8 Å². The molecule has 0 aliphatic carbocycles. The summed E-state index contributed by atoms with van der Waals surface area (Å²) >= 11 is 17.1. The van der Waals surface area contributed by atoms with Crippen LogP contribution in [0.1, 0.15) is 26.3 Å². The molecular weight excluding hydrogens is 392 g/mol. The zero-order valence-electron chi connectivity index (χ0n) is 12.4. The normalized spacial score (nSPS) is 14.6. The standard InChI is InChI=1S/C17H9Cl3FNO3/c18-11-7-13(21)14(6-8(11)5-12(19)15(20)23)22-16(24)9-3-1-2-4-10(9)17(22)25/h1-4,6-7,12H,5H2. The number of carbonyl (C=O) groups is 3. The molecule has 0 radical (unpaired) electrons. The van der Waals surface area contributed by atoms with Crippen molar-refractivity contribution in [3.05, 3.63) is 63.9 Å². The Morgan fingerprint density at radius 3 is 2.20 bits per heavy atom. The minimum Gasteiger partial charge on any atom is -0.280 e. The second-order valence-electron chi connectivity index (χ2n) is 5.36. The van der Waals surface area contributed by atoms with Crippen LogP contribution in [0.25, 0.3) is 0 Å². The zero-order valence-corrected chi connectivity index (χ0v) is 14.7. The third-order valence-corrected chi connectivity index (χ3v) is 4.88. The summed E-state index contributed by atoms with van der Waals surface area (Å²) in [7, 11) is 0. The molecule has 0 aromatic heterocycles. The van der Waals surface area contributed by atoms with Crippen molar-refractivity contribution in [1.29, 1.82) is 0 Å². The van der Waals surface area contributed by atoms with E-state index in [-0.39, 0.29) is 28.3 Å². The molecule has 0 saturated heterocycles. The van der Waals surface area contributed by atoms with Gasteiger partial charge in [0.15, 0.2) is 0 Å². The number of amides is 2. The summed E-state index contributed by atoms with van der Waals surface area (Å²) in [6, 6.07) is 8.41. The third-order valence-electron chi connectivity index (χ3n) is 3.80. The lowest BCUT2D eigenvalue weighted by molar-refractivity contribution is -0.111. The molecule has 0 N–H and O–H groups in total. The van der Waals surface area contributed by atoms with Crippen molar-refractivity contribution in [3.63, 3.8) is 0 Å². The average molecular weight is 401 g/mol. The second kappa shape index (κ2) is 6.75. The minimum absolute atomic E-state index is 0.0152. The maximum absolute atomic E-state index is 14.4. The van der Waals surface area contributed by atoms with Gasteiger partial charge < -0.3 is 0 Å². The highest BCUT2D eigenvalue weighted by molar-refractivity contribution is 6.69. The zero-order chi connectivity index (χ0) is 18.3. The predicted octanol–water partition coefficient (Wildman–Crippen LogP) is 4.20. The highest BCUT2D eigenvalue weighted by atomic mass is 35.5. The number of fused-ring (bicyclic) bond motifs is 1. The summed E-state index contributed by atoms with van der Waals surface area (Å²) in [4.78, 5) is 36.8. The molecule has 2 aromatic carbocycles. The van der Waals surface area contributed by atoms with Gasteiger partial charge in [-0.2, -0.15) is 0 Å². The van der Waals surface area contributed by atoms with E-state index in [1.807, 2.05) is 0 Å². The topological polar surface area (TPSA) is 54.5 Å². The van der Waals surface area contributed by atoms with Crippen molar-refractivity contribution >= 4 is 57.5 Å². The summed E-state index contributed by atoms with van der Waals surface area (Å²) in [6.45, 7) is 0. The number of benzene rings is 2. The van der Waals surface area contributed by atoms with E-state index in [0.29, 0.717) is 5.56 Å². The third kappa shape index (κ3) is 3.15. The first-order chi connectivity index (χ1) is 11.8. The highest BCUT2D eigenvalue weighted by Crippen LogP contribution is 2.34. The van der Waals surface area contributed by atoms with Gasteiger partial charge in [0.25, 0.3) is 11.8 Å². The quantitative estimate of drug-likeness (QED) is 0.439. The van der Waals surface area contributed by atoms with Crippen LogP contribution in [-0.2, 0) is 11.2 Å². The summed E-state index contributed by atoms with van der Waals surface area (Å²) in [6.07, 6.45) is -0.0703. The molecule has 3 rings (SSSR count). The molecule has 1 heterocycles. The smallest absolute Gasteiger partial charge is 0.266 e. The number of hydrogen-bond donors (Lipinski definition) is 0. The number of halogens is 4. The molecule has 0 fully saturated rings. The first kappa shape index (κ1) is 17.9. The summed E-state index contributed by atoms with van der Waals surface area (Å²) in [5.41, 5.74) is 0.421. The van der Waals surface area contributed by atoms with E-state index in [4.69, 9.17) is 34.8 Å². The molecule has 0 spiro atoms. The van der Waals surface area contributed by atoms with Gasteiger partial charge in [0.2, 0.25) is 5.24 Å². The predicted molar refractivity (Wildman–Crippen MR) is 93.2 cm³/mol. The number of anilines is 1. The number of rotatable bonds is 4. The van der Waals surface area contributed by atoms with Crippen LogP contribution in [0.3, 0.4) is 0 Å².